The molecule has 0 aliphatic carbocycles. The molecule has 1 aromatic carbocycles. The molecule has 0 spiro atoms. The molecule has 2 rings (SSSR count). The normalized spacial score (nSPS) is 10.9. The van der Waals surface area contributed by atoms with Crippen LogP contribution in [0.25, 0.3) is 0 Å². The molecule has 0 aliphatic rings. The maximum absolute atomic E-state index is 14.0. The van der Waals surface area contributed by atoms with Crippen LogP contribution in [0.4, 0.5) is 20.6 Å². The molecule has 0 fully saturated rings. The molecule has 0 aliphatic heterocycles. The van der Waals surface area contributed by atoms with Gasteiger partial charge in [-0.1, -0.05) is 0 Å². The molecule has 2 N–H and O–H groups in total. The predicted molar refractivity (Wildman–Crippen MR) is 99.6 cm³/mol. The van der Waals surface area contributed by atoms with Gasteiger partial charge in [0, 0.05) is 11.9 Å². The van der Waals surface area contributed by atoms with Gasteiger partial charge in [-0.25, -0.2) is 14.2 Å². The van der Waals surface area contributed by atoms with E-state index in [0.717, 1.165) is 6.07 Å². The maximum Gasteiger partial charge on any atom is 0.412 e. The zero-order chi connectivity index (χ0) is 20.0. The van der Waals surface area contributed by atoms with E-state index in [2.05, 4.69) is 15.6 Å². The van der Waals surface area contributed by atoms with Gasteiger partial charge < -0.3 is 14.8 Å². The van der Waals surface area contributed by atoms with Crippen molar-refractivity contribution in [2.75, 3.05) is 17.2 Å². The third-order valence-corrected chi connectivity index (χ3v) is 3.16. The fraction of sp³-hybridized carbons (Fsp3) is 0.316. The number of amides is 2. The Balaban J connectivity index is 2.16. The molecule has 1 aromatic heterocycles. The van der Waals surface area contributed by atoms with Crippen molar-refractivity contribution >= 4 is 23.4 Å². The minimum atomic E-state index is -0.796. The second-order valence-electron chi connectivity index (χ2n) is 6.56. The summed E-state index contributed by atoms with van der Waals surface area (Å²) in [4.78, 5) is 28.3. The Labute approximate surface area is 156 Å². The van der Waals surface area contributed by atoms with Crippen LogP contribution in [0.2, 0.25) is 0 Å². The van der Waals surface area contributed by atoms with E-state index in [1.807, 2.05) is 0 Å². The van der Waals surface area contributed by atoms with Gasteiger partial charge in [0.05, 0.1) is 12.3 Å². The maximum atomic E-state index is 14.0. The summed E-state index contributed by atoms with van der Waals surface area (Å²) in [5, 5.41) is 4.96. The number of aromatic nitrogens is 1. The van der Waals surface area contributed by atoms with Crippen LogP contribution in [0.15, 0.2) is 36.5 Å². The quantitative estimate of drug-likeness (QED) is 0.817. The Morgan fingerprint density at radius 1 is 1.19 bits per heavy atom. The van der Waals surface area contributed by atoms with Crippen LogP contribution >= 0.6 is 0 Å². The van der Waals surface area contributed by atoms with Crippen molar-refractivity contribution in [1.82, 2.24) is 4.98 Å². The molecule has 144 valence electrons. The first-order chi connectivity index (χ1) is 12.7. The number of pyridine rings is 1. The van der Waals surface area contributed by atoms with Crippen molar-refractivity contribution in [3.8, 4) is 5.88 Å². The molecule has 0 unspecified atom stereocenters. The van der Waals surface area contributed by atoms with Gasteiger partial charge in [-0.05, 0) is 58.0 Å². The van der Waals surface area contributed by atoms with Gasteiger partial charge in [0.1, 0.15) is 17.0 Å². The summed E-state index contributed by atoms with van der Waals surface area (Å²) in [7, 11) is 0. The van der Waals surface area contributed by atoms with E-state index in [1.165, 1.54) is 18.3 Å². The molecule has 0 radical (unpaired) electrons. The summed E-state index contributed by atoms with van der Waals surface area (Å²) in [5.41, 5.74) is -0.301. The number of nitrogens with one attached hydrogen (secondary N) is 2. The second kappa shape index (κ2) is 8.48. The zero-order valence-corrected chi connectivity index (χ0v) is 15.6. The van der Waals surface area contributed by atoms with E-state index >= 15 is 0 Å². The van der Waals surface area contributed by atoms with Gasteiger partial charge >= 0.3 is 6.09 Å². The predicted octanol–water partition coefficient (Wildman–Crippen LogP) is 4.22. The fourth-order valence-corrected chi connectivity index (χ4v) is 2.13. The smallest absolute Gasteiger partial charge is 0.412 e. The number of ether oxygens (including phenoxy) is 2. The molecule has 2 amide bonds. The number of hydrogen-bond acceptors (Lipinski definition) is 5. The number of hydrogen-bond donors (Lipinski definition) is 2. The summed E-state index contributed by atoms with van der Waals surface area (Å²) in [5.74, 6) is -0.927. The van der Waals surface area contributed by atoms with Gasteiger partial charge in [-0.15, -0.1) is 0 Å². The minimum absolute atomic E-state index is 0.113. The Kier molecular flexibility index (Phi) is 6.33. The van der Waals surface area contributed by atoms with Crippen LogP contribution in [0, 0.1) is 5.82 Å². The molecule has 1 heterocycles. The van der Waals surface area contributed by atoms with Crippen molar-refractivity contribution in [1.29, 1.82) is 0 Å². The highest BCUT2D eigenvalue weighted by Gasteiger charge is 2.18. The topological polar surface area (TPSA) is 89.5 Å². The molecule has 27 heavy (non-hydrogen) atoms. The number of carbonyl (C=O) groups excluding carboxylic acids is 2. The zero-order valence-electron chi connectivity index (χ0n) is 15.6. The van der Waals surface area contributed by atoms with Gasteiger partial charge in [-0.2, -0.15) is 0 Å². The van der Waals surface area contributed by atoms with Gasteiger partial charge in [-0.3, -0.25) is 10.1 Å². The van der Waals surface area contributed by atoms with Gasteiger partial charge in [0.15, 0.2) is 0 Å². The monoisotopic (exact) mass is 375 g/mol. The highest BCUT2D eigenvalue weighted by Crippen LogP contribution is 2.22. The molecule has 0 bridgehead atoms. The van der Waals surface area contributed by atoms with Gasteiger partial charge in [0.25, 0.3) is 5.91 Å². The molecule has 2 aromatic rings. The molecular formula is C19H22FN3O4. The van der Waals surface area contributed by atoms with Crippen LogP contribution in [0.3, 0.4) is 0 Å². The molecule has 7 nitrogen and oxygen atoms in total. The molecular weight excluding hydrogens is 353 g/mol. The largest absolute Gasteiger partial charge is 0.477 e. The number of nitrogens with zero attached hydrogens (tertiary/aromatic N) is 1. The van der Waals surface area contributed by atoms with Crippen LogP contribution in [-0.2, 0) is 4.74 Å². The van der Waals surface area contributed by atoms with E-state index in [1.54, 1.807) is 39.8 Å². The lowest BCUT2D eigenvalue weighted by atomic mass is 10.2. The average molecular weight is 375 g/mol. The summed E-state index contributed by atoms with van der Waals surface area (Å²) in [6, 6.07) is 6.99. The Morgan fingerprint density at radius 3 is 2.59 bits per heavy atom. The van der Waals surface area contributed by atoms with Crippen LogP contribution in [-0.4, -0.2) is 29.2 Å². The third-order valence-electron chi connectivity index (χ3n) is 3.16. The molecule has 0 saturated carbocycles. The summed E-state index contributed by atoms with van der Waals surface area (Å²) in [6.45, 7) is 7.24. The van der Waals surface area contributed by atoms with E-state index in [9.17, 15) is 14.0 Å². The number of benzene rings is 1. The van der Waals surface area contributed by atoms with E-state index < -0.39 is 23.4 Å². The van der Waals surface area contributed by atoms with Crippen molar-refractivity contribution < 1.29 is 23.5 Å². The lowest BCUT2D eigenvalue weighted by Gasteiger charge is -2.20. The Hall–Kier alpha value is -3.16. The fourth-order valence-electron chi connectivity index (χ4n) is 2.13. The lowest BCUT2D eigenvalue weighted by molar-refractivity contribution is 0.0635. The second-order valence-corrected chi connectivity index (χ2v) is 6.56. The van der Waals surface area contributed by atoms with E-state index in [0.29, 0.717) is 12.3 Å². The summed E-state index contributed by atoms with van der Waals surface area (Å²) < 4.78 is 24.4. The number of rotatable bonds is 5. The lowest BCUT2D eigenvalue weighted by Crippen LogP contribution is -2.27. The van der Waals surface area contributed by atoms with E-state index in [4.69, 9.17) is 9.47 Å². The van der Waals surface area contributed by atoms with Crippen molar-refractivity contribution in [3.63, 3.8) is 0 Å². The number of halogens is 1. The molecule has 8 heteroatoms. The minimum Gasteiger partial charge on any atom is -0.477 e. The van der Waals surface area contributed by atoms with Crippen molar-refractivity contribution in [3.05, 3.63) is 47.9 Å². The standard InChI is InChI=1S/C19H22FN3O4/c1-5-26-17-13(7-6-10-21-17)16(24)22-12-8-9-14(20)15(11-12)23-18(25)27-19(2,3)4/h6-11H,5H2,1-4H3,(H,22,24)(H,23,25). The number of anilines is 2. The van der Waals surface area contributed by atoms with Crippen LogP contribution in [0.1, 0.15) is 38.1 Å². The first kappa shape index (κ1) is 20.2. The van der Waals surface area contributed by atoms with E-state index in [-0.39, 0.29) is 17.1 Å². The van der Waals surface area contributed by atoms with Crippen molar-refractivity contribution in [2.24, 2.45) is 0 Å². The highest BCUT2D eigenvalue weighted by molar-refractivity contribution is 6.06. The SMILES string of the molecule is CCOc1ncccc1C(=O)Nc1ccc(F)c(NC(=O)OC(C)(C)C)c1. The first-order valence-corrected chi connectivity index (χ1v) is 8.38. The number of carbonyl (C=O) groups is 2. The summed E-state index contributed by atoms with van der Waals surface area (Å²) >= 11 is 0. The van der Waals surface area contributed by atoms with Crippen LogP contribution < -0.4 is 15.4 Å². The third kappa shape index (κ3) is 5.95. The average Bonchev–Trinajstić information content (AvgIpc) is 2.57. The molecule has 0 atom stereocenters. The first-order valence-electron chi connectivity index (χ1n) is 8.38. The summed E-state index contributed by atoms with van der Waals surface area (Å²) in [6.07, 6.45) is 0.721. The highest BCUT2D eigenvalue weighted by atomic mass is 19.1. The Morgan fingerprint density at radius 2 is 1.93 bits per heavy atom. The van der Waals surface area contributed by atoms with Crippen LogP contribution in [0.5, 0.6) is 5.88 Å². The van der Waals surface area contributed by atoms with Gasteiger partial charge in [0.2, 0.25) is 5.88 Å². The molecule has 0 saturated heterocycles. The Bertz CT molecular complexity index is 834. The van der Waals surface area contributed by atoms with Crippen molar-refractivity contribution in [2.45, 2.75) is 33.3 Å².